The summed E-state index contributed by atoms with van der Waals surface area (Å²) in [4.78, 5) is 3.56. The molecule has 24 heavy (non-hydrogen) atoms. The second kappa shape index (κ2) is 6.88. The first-order valence-electron chi connectivity index (χ1n) is 8.50. The van der Waals surface area contributed by atoms with Gasteiger partial charge in [-0.25, -0.2) is 0 Å². The van der Waals surface area contributed by atoms with Gasteiger partial charge in [-0.05, 0) is 43.0 Å². The lowest BCUT2D eigenvalue weighted by molar-refractivity contribution is 0.300. The molecular formula is C20H21ClN2O. The molecular weight excluding hydrogens is 320 g/mol. The molecule has 2 N–H and O–H groups in total. The lowest BCUT2D eigenvalue weighted by atomic mass is 9.91. The minimum absolute atomic E-state index is 0.506. The summed E-state index contributed by atoms with van der Waals surface area (Å²) in [5, 5.41) is 5.66. The predicted molar refractivity (Wildman–Crippen MR) is 99.1 cm³/mol. The van der Waals surface area contributed by atoms with Crippen molar-refractivity contribution in [2.24, 2.45) is 0 Å². The average Bonchev–Trinajstić information content (AvgIpc) is 2.98. The van der Waals surface area contributed by atoms with Crippen molar-refractivity contribution in [1.82, 2.24) is 10.3 Å². The molecule has 0 fully saturated rings. The highest BCUT2D eigenvalue weighted by Crippen LogP contribution is 2.29. The predicted octanol–water partition coefficient (Wildman–Crippen LogP) is 4.35. The van der Waals surface area contributed by atoms with E-state index in [4.69, 9.17) is 16.3 Å². The largest absolute Gasteiger partial charge is 0.491 e. The Kier molecular flexibility index (Phi) is 4.46. The van der Waals surface area contributed by atoms with Crippen molar-refractivity contribution in [2.75, 3.05) is 13.2 Å². The first-order valence-corrected chi connectivity index (χ1v) is 8.88. The van der Waals surface area contributed by atoms with Gasteiger partial charge in [0, 0.05) is 29.2 Å². The highest BCUT2D eigenvalue weighted by molar-refractivity contribution is 6.32. The number of hydrogen-bond donors (Lipinski definition) is 2. The Morgan fingerprint density at radius 1 is 1.12 bits per heavy atom. The van der Waals surface area contributed by atoms with E-state index in [1.165, 1.54) is 22.2 Å². The third kappa shape index (κ3) is 3.14. The van der Waals surface area contributed by atoms with Crippen LogP contribution in [-0.4, -0.2) is 24.2 Å². The van der Waals surface area contributed by atoms with Crippen molar-refractivity contribution < 1.29 is 4.74 Å². The van der Waals surface area contributed by atoms with Gasteiger partial charge in [-0.3, -0.25) is 0 Å². The third-order valence-electron chi connectivity index (χ3n) is 4.72. The monoisotopic (exact) mass is 340 g/mol. The van der Waals surface area contributed by atoms with Crippen molar-refractivity contribution in [1.29, 1.82) is 0 Å². The van der Waals surface area contributed by atoms with Gasteiger partial charge >= 0.3 is 0 Å². The van der Waals surface area contributed by atoms with Crippen LogP contribution in [0.1, 0.15) is 17.7 Å². The molecule has 1 aliphatic carbocycles. The number of benzene rings is 2. The number of halogens is 1. The molecule has 4 heteroatoms. The van der Waals surface area contributed by atoms with Crippen LogP contribution < -0.4 is 10.1 Å². The Labute approximate surface area is 147 Å². The summed E-state index contributed by atoms with van der Waals surface area (Å²) in [5.74, 6) is 0.753. The topological polar surface area (TPSA) is 37.0 Å². The Hall–Kier alpha value is -1.97. The summed E-state index contributed by atoms with van der Waals surface area (Å²) in [6, 6.07) is 16.7. The molecule has 0 spiro atoms. The highest BCUT2D eigenvalue weighted by atomic mass is 35.5. The zero-order valence-electron chi connectivity index (χ0n) is 13.5. The van der Waals surface area contributed by atoms with Gasteiger partial charge in [0.25, 0.3) is 0 Å². The van der Waals surface area contributed by atoms with E-state index in [0.717, 1.165) is 31.6 Å². The first-order chi connectivity index (χ1) is 11.8. The van der Waals surface area contributed by atoms with Crippen LogP contribution in [0.15, 0.2) is 48.5 Å². The standard InChI is InChI=1S/C20H21ClN2O/c21-17-6-2-4-8-20(17)24-12-11-22-14-9-10-19-16(13-14)15-5-1-3-7-18(15)23-19/h1-8,14,22-23H,9-13H2. The molecule has 1 aromatic heterocycles. The van der Waals surface area contributed by atoms with Crippen LogP contribution >= 0.6 is 11.6 Å². The number of para-hydroxylation sites is 2. The van der Waals surface area contributed by atoms with Gasteiger partial charge in [-0.1, -0.05) is 41.9 Å². The fourth-order valence-corrected chi connectivity index (χ4v) is 3.72. The summed E-state index contributed by atoms with van der Waals surface area (Å²) in [7, 11) is 0. The van der Waals surface area contributed by atoms with Crippen molar-refractivity contribution in [3.8, 4) is 5.75 Å². The van der Waals surface area contributed by atoms with Crippen LogP contribution in [0.4, 0.5) is 0 Å². The Morgan fingerprint density at radius 2 is 1.96 bits per heavy atom. The molecule has 1 atom stereocenters. The Bertz CT molecular complexity index is 843. The van der Waals surface area contributed by atoms with Crippen molar-refractivity contribution in [3.63, 3.8) is 0 Å². The van der Waals surface area contributed by atoms with E-state index in [1.807, 2.05) is 24.3 Å². The quantitative estimate of drug-likeness (QED) is 0.678. The van der Waals surface area contributed by atoms with Crippen LogP contribution in [0.2, 0.25) is 5.02 Å². The van der Waals surface area contributed by atoms with Gasteiger partial charge in [0.15, 0.2) is 0 Å². The maximum atomic E-state index is 6.10. The van der Waals surface area contributed by atoms with Gasteiger partial charge in [0.1, 0.15) is 12.4 Å². The molecule has 3 aromatic rings. The maximum Gasteiger partial charge on any atom is 0.137 e. The molecule has 0 amide bonds. The van der Waals surface area contributed by atoms with E-state index in [1.54, 1.807) is 0 Å². The number of hydrogen-bond acceptors (Lipinski definition) is 2. The first kappa shape index (κ1) is 15.6. The average molecular weight is 341 g/mol. The summed E-state index contributed by atoms with van der Waals surface area (Å²) in [6.07, 6.45) is 3.34. The number of fused-ring (bicyclic) bond motifs is 3. The molecule has 3 nitrogen and oxygen atoms in total. The second-order valence-corrected chi connectivity index (χ2v) is 6.71. The van der Waals surface area contributed by atoms with E-state index >= 15 is 0 Å². The Morgan fingerprint density at radius 3 is 2.88 bits per heavy atom. The van der Waals surface area contributed by atoms with E-state index in [0.29, 0.717) is 17.7 Å². The summed E-state index contributed by atoms with van der Waals surface area (Å²) < 4.78 is 5.75. The maximum absolute atomic E-state index is 6.10. The molecule has 2 aromatic carbocycles. The molecule has 0 aliphatic heterocycles. The zero-order valence-corrected chi connectivity index (χ0v) is 14.3. The highest BCUT2D eigenvalue weighted by Gasteiger charge is 2.21. The normalized spacial score (nSPS) is 17.0. The lowest BCUT2D eigenvalue weighted by Crippen LogP contribution is -2.36. The number of H-pyrrole nitrogens is 1. The van der Waals surface area contributed by atoms with Crippen LogP contribution in [0.5, 0.6) is 5.75 Å². The minimum Gasteiger partial charge on any atom is -0.491 e. The minimum atomic E-state index is 0.506. The van der Waals surface area contributed by atoms with Crippen LogP contribution in [0.25, 0.3) is 10.9 Å². The van der Waals surface area contributed by atoms with E-state index in [-0.39, 0.29) is 0 Å². The van der Waals surface area contributed by atoms with Crippen LogP contribution in [0.3, 0.4) is 0 Å². The molecule has 0 radical (unpaired) electrons. The molecule has 0 bridgehead atoms. The zero-order chi connectivity index (χ0) is 16.4. The number of aromatic nitrogens is 1. The van der Waals surface area contributed by atoms with Gasteiger partial charge < -0.3 is 15.0 Å². The number of aromatic amines is 1. The number of rotatable bonds is 5. The summed E-state index contributed by atoms with van der Waals surface area (Å²) >= 11 is 6.10. The van der Waals surface area contributed by atoms with Crippen LogP contribution in [-0.2, 0) is 12.8 Å². The lowest BCUT2D eigenvalue weighted by Gasteiger charge is -2.23. The SMILES string of the molecule is Clc1ccccc1OCCNC1CCc2[nH]c3ccccc3c2C1. The van der Waals surface area contributed by atoms with Crippen molar-refractivity contribution in [3.05, 3.63) is 64.8 Å². The van der Waals surface area contributed by atoms with Gasteiger partial charge in [0.05, 0.1) is 5.02 Å². The van der Waals surface area contributed by atoms with E-state index in [2.05, 4.69) is 34.6 Å². The molecule has 1 aliphatic rings. The molecule has 0 saturated heterocycles. The summed E-state index contributed by atoms with van der Waals surface area (Å²) in [5.41, 5.74) is 4.13. The number of nitrogens with one attached hydrogen (secondary N) is 2. The fraction of sp³-hybridized carbons (Fsp3) is 0.300. The summed E-state index contributed by atoms with van der Waals surface area (Å²) in [6.45, 7) is 1.45. The number of ether oxygens (including phenoxy) is 1. The fourth-order valence-electron chi connectivity index (χ4n) is 3.53. The second-order valence-electron chi connectivity index (χ2n) is 6.30. The molecule has 124 valence electrons. The third-order valence-corrected chi connectivity index (χ3v) is 5.04. The smallest absolute Gasteiger partial charge is 0.137 e. The molecule has 0 saturated carbocycles. The molecule has 1 unspecified atom stereocenters. The van der Waals surface area contributed by atoms with Gasteiger partial charge in [0.2, 0.25) is 0 Å². The Balaban J connectivity index is 1.33. The molecule has 4 rings (SSSR count). The van der Waals surface area contributed by atoms with Crippen molar-refractivity contribution >= 4 is 22.5 Å². The molecule has 1 heterocycles. The van der Waals surface area contributed by atoms with Gasteiger partial charge in [-0.2, -0.15) is 0 Å². The van der Waals surface area contributed by atoms with Gasteiger partial charge in [-0.15, -0.1) is 0 Å². The van der Waals surface area contributed by atoms with Crippen molar-refractivity contribution in [2.45, 2.75) is 25.3 Å². The van der Waals surface area contributed by atoms with E-state index in [9.17, 15) is 0 Å². The number of aryl methyl sites for hydroxylation is 1. The van der Waals surface area contributed by atoms with E-state index < -0.39 is 0 Å². The van der Waals surface area contributed by atoms with Crippen LogP contribution in [0, 0.1) is 0 Å².